The molecule has 142 valence electrons. The van der Waals surface area contributed by atoms with Crippen molar-refractivity contribution < 1.29 is 14.3 Å². The molecule has 0 radical (unpaired) electrons. The van der Waals surface area contributed by atoms with Crippen LogP contribution in [-0.2, 0) is 9.53 Å². The first-order valence-corrected chi connectivity index (χ1v) is 9.52. The van der Waals surface area contributed by atoms with Crippen molar-refractivity contribution in [3.05, 3.63) is 30.1 Å². The van der Waals surface area contributed by atoms with Gasteiger partial charge in [-0.25, -0.2) is 0 Å². The number of rotatable bonds is 6. The third-order valence-electron chi connectivity index (χ3n) is 5.24. The van der Waals surface area contributed by atoms with E-state index in [0.717, 1.165) is 52.0 Å². The van der Waals surface area contributed by atoms with E-state index in [1.54, 1.807) is 18.3 Å². The van der Waals surface area contributed by atoms with Crippen LogP contribution < -0.4 is 10.6 Å². The summed E-state index contributed by atoms with van der Waals surface area (Å²) in [7, 11) is 0. The second-order valence-electron chi connectivity index (χ2n) is 6.94. The molecule has 0 atom stereocenters. The smallest absolute Gasteiger partial charge is 0.252 e. The van der Waals surface area contributed by atoms with Gasteiger partial charge < -0.3 is 20.3 Å². The van der Waals surface area contributed by atoms with Crippen molar-refractivity contribution in [3.8, 4) is 0 Å². The van der Waals surface area contributed by atoms with Crippen LogP contribution in [0.5, 0.6) is 0 Å². The zero-order valence-corrected chi connectivity index (χ0v) is 15.2. The Bertz CT molecular complexity index is 582. The summed E-state index contributed by atoms with van der Waals surface area (Å²) in [5, 5.41) is 5.74. The minimum Gasteiger partial charge on any atom is -0.381 e. The standard InChI is InChI=1S/C19H28N4O3/c24-18(21-8-9-22-19(25)16-2-1-7-20-14-16)15-3-10-23(11-4-15)17-5-12-26-13-6-17/h1-2,7,14-15,17H,3-6,8-13H2,(H,21,24)(H,22,25). The Morgan fingerprint density at radius 2 is 1.85 bits per heavy atom. The molecule has 7 heteroatoms. The van der Waals surface area contributed by atoms with Gasteiger partial charge in [-0.15, -0.1) is 0 Å². The summed E-state index contributed by atoms with van der Waals surface area (Å²) in [5.41, 5.74) is 0.527. The van der Waals surface area contributed by atoms with E-state index in [2.05, 4.69) is 20.5 Å². The normalized spacial score (nSPS) is 19.8. The third-order valence-corrected chi connectivity index (χ3v) is 5.24. The average Bonchev–Trinajstić information content (AvgIpc) is 2.72. The van der Waals surface area contributed by atoms with E-state index >= 15 is 0 Å². The number of carbonyl (C=O) groups excluding carboxylic acids is 2. The molecular weight excluding hydrogens is 332 g/mol. The Morgan fingerprint density at radius 3 is 2.54 bits per heavy atom. The van der Waals surface area contributed by atoms with E-state index in [0.29, 0.717) is 24.7 Å². The maximum absolute atomic E-state index is 12.3. The molecule has 3 heterocycles. The van der Waals surface area contributed by atoms with E-state index in [9.17, 15) is 9.59 Å². The highest BCUT2D eigenvalue weighted by molar-refractivity contribution is 5.93. The van der Waals surface area contributed by atoms with Gasteiger partial charge >= 0.3 is 0 Å². The van der Waals surface area contributed by atoms with E-state index in [-0.39, 0.29) is 17.7 Å². The molecule has 0 aliphatic carbocycles. The Labute approximate surface area is 154 Å². The molecule has 0 unspecified atom stereocenters. The maximum atomic E-state index is 12.3. The summed E-state index contributed by atoms with van der Waals surface area (Å²) in [6.45, 7) is 4.55. The van der Waals surface area contributed by atoms with Crippen LogP contribution in [0.25, 0.3) is 0 Å². The predicted octanol–water partition coefficient (Wildman–Crippen LogP) is 0.819. The van der Waals surface area contributed by atoms with Gasteiger partial charge in [0.05, 0.1) is 5.56 Å². The Kier molecular flexibility index (Phi) is 6.96. The number of hydrogen-bond donors (Lipinski definition) is 2. The van der Waals surface area contributed by atoms with E-state index in [1.807, 2.05) is 0 Å². The Balaban J connectivity index is 1.31. The molecule has 3 rings (SSSR count). The quantitative estimate of drug-likeness (QED) is 0.734. The molecule has 1 aromatic rings. The molecule has 0 aromatic carbocycles. The number of ether oxygens (including phenoxy) is 1. The van der Waals surface area contributed by atoms with Crippen molar-refractivity contribution in [1.29, 1.82) is 0 Å². The molecule has 2 aliphatic rings. The maximum Gasteiger partial charge on any atom is 0.252 e. The monoisotopic (exact) mass is 360 g/mol. The van der Waals surface area contributed by atoms with Gasteiger partial charge in [0.15, 0.2) is 0 Å². The van der Waals surface area contributed by atoms with Crippen LogP contribution in [0.15, 0.2) is 24.5 Å². The predicted molar refractivity (Wildman–Crippen MR) is 97.7 cm³/mol. The van der Waals surface area contributed by atoms with Crippen molar-refractivity contribution >= 4 is 11.8 Å². The van der Waals surface area contributed by atoms with Crippen LogP contribution in [0, 0.1) is 5.92 Å². The highest BCUT2D eigenvalue weighted by Crippen LogP contribution is 2.23. The second kappa shape index (κ2) is 9.64. The van der Waals surface area contributed by atoms with Crippen LogP contribution in [0.3, 0.4) is 0 Å². The zero-order chi connectivity index (χ0) is 18.2. The summed E-state index contributed by atoms with van der Waals surface area (Å²) in [6.07, 6.45) is 7.18. The van der Waals surface area contributed by atoms with Gasteiger partial charge in [-0.1, -0.05) is 0 Å². The number of amides is 2. The first-order valence-electron chi connectivity index (χ1n) is 9.52. The zero-order valence-electron chi connectivity index (χ0n) is 15.2. The number of carbonyl (C=O) groups is 2. The largest absolute Gasteiger partial charge is 0.381 e. The fourth-order valence-electron chi connectivity index (χ4n) is 3.68. The van der Waals surface area contributed by atoms with Crippen LogP contribution >= 0.6 is 0 Å². The van der Waals surface area contributed by atoms with Gasteiger partial charge in [0.25, 0.3) is 5.91 Å². The lowest BCUT2D eigenvalue weighted by molar-refractivity contribution is -0.126. The van der Waals surface area contributed by atoms with Crippen molar-refractivity contribution in [1.82, 2.24) is 20.5 Å². The molecule has 0 saturated carbocycles. The Hall–Kier alpha value is -1.99. The fraction of sp³-hybridized carbons (Fsp3) is 0.632. The van der Waals surface area contributed by atoms with Crippen LogP contribution in [0.4, 0.5) is 0 Å². The summed E-state index contributed by atoms with van der Waals surface area (Å²) in [4.78, 5) is 30.7. The summed E-state index contributed by atoms with van der Waals surface area (Å²) in [5.74, 6) is 0.0180. The molecule has 2 aliphatic heterocycles. The molecular formula is C19H28N4O3. The number of pyridine rings is 1. The fourth-order valence-corrected chi connectivity index (χ4v) is 3.68. The lowest BCUT2D eigenvalue weighted by Crippen LogP contribution is -2.47. The van der Waals surface area contributed by atoms with E-state index < -0.39 is 0 Å². The third kappa shape index (κ3) is 5.25. The average molecular weight is 360 g/mol. The number of piperidine rings is 1. The van der Waals surface area contributed by atoms with Gasteiger partial charge in [0, 0.05) is 50.7 Å². The molecule has 26 heavy (non-hydrogen) atoms. The highest BCUT2D eigenvalue weighted by Gasteiger charge is 2.29. The SMILES string of the molecule is O=C(NCCNC(=O)C1CCN(C2CCOCC2)CC1)c1cccnc1. The highest BCUT2D eigenvalue weighted by atomic mass is 16.5. The first kappa shape index (κ1) is 18.8. The van der Waals surface area contributed by atoms with Crippen molar-refractivity contribution in [3.63, 3.8) is 0 Å². The van der Waals surface area contributed by atoms with Gasteiger partial charge in [0.1, 0.15) is 0 Å². The van der Waals surface area contributed by atoms with Gasteiger partial charge in [-0.3, -0.25) is 14.6 Å². The van der Waals surface area contributed by atoms with Gasteiger partial charge in [-0.2, -0.15) is 0 Å². The van der Waals surface area contributed by atoms with Crippen molar-refractivity contribution in [2.75, 3.05) is 39.4 Å². The molecule has 0 bridgehead atoms. The topological polar surface area (TPSA) is 83.6 Å². The molecule has 2 N–H and O–H groups in total. The molecule has 1 aromatic heterocycles. The van der Waals surface area contributed by atoms with E-state index in [4.69, 9.17) is 4.74 Å². The minimum absolute atomic E-state index is 0.0834. The van der Waals surface area contributed by atoms with Crippen molar-refractivity contribution in [2.24, 2.45) is 5.92 Å². The van der Waals surface area contributed by atoms with Crippen molar-refractivity contribution in [2.45, 2.75) is 31.7 Å². The number of likely N-dealkylation sites (tertiary alicyclic amines) is 1. The number of nitrogens with zero attached hydrogens (tertiary/aromatic N) is 2. The van der Waals surface area contributed by atoms with E-state index in [1.165, 1.54) is 6.20 Å². The molecule has 2 amide bonds. The van der Waals surface area contributed by atoms with Crippen LogP contribution in [0.2, 0.25) is 0 Å². The van der Waals surface area contributed by atoms with Crippen LogP contribution in [0.1, 0.15) is 36.0 Å². The summed E-state index contributed by atoms with van der Waals surface area (Å²) in [6, 6.07) is 4.06. The first-order chi connectivity index (χ1) is 12.7. The lowest BCUT2D eigenvalue weighted by atomic mass is 9.93. The second-order valence-corrected chi connectivity index (χ2v) is 6.94. The van der Waals surface area contributed by atoms with Gasteiger partial charge in [0.2, 0.25) is 5.91 Å². The molecule has 0 spiro atoms. The minimum atomic E-state index is -0.169. The summed E-state index contributed by atoms with van der Waals surface area (Å²) < 4.78 is 5.43. The number of hydrogen-bond acceptors (Lipinski definition) is 5. The Morgan fingerprint density at radius 1 is 1.12 bits per heavy atom. The molecule has 7 nitrogen and oxygen atoms in total. The number of aromatic nitrogens is 1. The number of nitrogens with one attached hydrogen (secondary N) is 2. The lowest BCUT2D eigenvalue weighted by Gasteiger charge is -2.38. The van der Waals surface area contributed by atoms with Crippen LogP contribution in [-0.4, -0.2) is 67.1 Å². The summed E-state index contributed by atoms with van der Waals surface area (Å²) >= 11 is 0. The molecule has 2 saturated heterocycles. The van der Waals surface area contributed by atoms with Gasteiger partial charge in [-0.05, 0) is 50.9 Å². The molecule has 2 fully saturated rings.